The highest BCUT2D eigenvalue weighted by molar-refractivity contribution is 9.10. The van der Waals surface area contributed by atoms with Crippen LogP contribution < -0.4 is 11.3 Å². The number of hydrogen-bond acceptors (Lipinski definition) is 5. The second-order valence-electron chi connectivity index (χ2n) is 4.27. The molecule has 0 aliphatic rings. The molecule has 1 amide bonds. The third kappa shape index (κ3) is 3.64. The molecule has 0 spiro atoms. The van der Waals surface area contributed by atoms with Gasteiger partial charge >= 0.3 is 5.82 Å². The van der Waals surface area contributed by atoms with Crippen LogP contribution in [0.1, 0.15) is 11.1 Å². The van der Waals surface area contributed by atoms with Crippen molar-refractivity contribution in [3.8, 4) is 0 Å². The molecule has 0 saturated heterocycles. The Labute approximate surface area is 128 Å². The van der Waals surface area contributed by atoms with Crippen molar-refractivity contribution in [3.05, 3.63) is 56.2 Å². The summed E-state index contributed by atoms with van der Waals surface area (Å²) in [5.74, 6) is 4.53. The fourth-order valence-electron chi connectivity index (χ4n) is 1.87. The highest BCUT2D eigenvalue weighted by Gasteiger charge is 2.19. The zero-order chi connectivity index (χ0) is 15.4. The fourth-order valence-corrected chi connectivity index (χ4v) is 2.33. The lowest BCUT2D eigenvalue weighted by Crippen LogP contribution is -2.31. The molecule has 0 aliphatic heterocycles. The van der Waals surface area contributed by atoms with Crippen LogP contribution in [-0.4, -0.2) is 20.6 Å². The highest BCUT2D eigenvalue weighted by atomic mass is 79.9. The van der Waals surface area contributed by atoms with Crippen molar-refractivity contribution < 1.29 is 9.72 Å². The van der Waals surface area contributed by atoms with Gasteiger partial charge < -0.3 is 10.1 Å². The molecule has 0 unspecified atom stereocenters. The summed E-state index contributed by atoms with van der Waals surface area (Å²) < 4.78 is 1.76. The molecular weight excluding hydrogens is 342 g/mol. The van der Waals surface area contributed by atoms with Crippen molar-refractivity contribution in [2.75, 3.05) is 0 Å². The number of hydrogen-bond donors (Lipinski definition) is 2. The maximum atomic E-state index is 11.4. The van der Waals surface area contributed by atoms with Crippen molar-refractivity contribution in [2.24, 2.45) is 5.84 Å². The van der Waals surface area contributed by atoms with Gasteiger partial charge in [-0.3, -0.25) is 10.2 Å². The topological polar surface area (TPSA) is 116 Å². The number of benzene rings is 1. The molecule has 3 N–H and O–H groups in total. The standard InChI is InChI=1S/C12H12BrN5O3/c13-10-7-17(16-12(10)18(20)21)6-9-4-2-1-3-8(9)5-11(19)15-14/h1-4,7H,5-6,14H2,(H,15,19). The Bertz CT molecular complexity index is 685. The third-order valence-electron chi connectivity index (χ3n) is 2.83. The summed E-state index contributed by atoms with van der Waals surface area (Å²) in [6.07, 6.45) is 1.66. The van der Waals surface area contributed by atoms with E-state index in [-0.39, 0.29) is 18.1 Å². The Morgan fingerprint density at radius 3 is 2.67 bits per heavy atom. The van der Waals surface area contributed by atoms with E-state index in [2.05, 4.69) is 26.5 Å². The van der Waals surface area contributed by atoms with E-state index in [1.807, 2.05) is 18.2 Å². The van der Waals surface area contributed by atoms with Crippen LogP contribution in [0.5, 0.6) is 0 Å². The van der Waals surface area contributed by atoms with Crippen LogP contribution >= 0.6 is 15.9 Å². The number of nitrogens with one attached hydrogen (secondary N) is 1. The largest absolute Gasteiger partial charge is 0.404 e. The first-order valence-corrected chi connectivity index (χ1v) is 6.74. The van der Waals surface area contributed by atoms with Gasteiger partial charge in [0.25, 0.3) is 0 Å². The molecule has 0 radical (unpaired) electrons. The van der Waals surface area contributed by atoms with Crippen molar-refractivity contribution in [3.63, 3.8) is 0 Å². The fraction of sp³-hybridized carbons (Fsp3) is 0.167. The molecule has 9 heteroatoms. The number of nitrogens with zero attached hydrogens (tertiary/aromatic N) is 3. The monoisotopic (exact) mass is 353 g/mol. The van der Waals surface area contributed by atoms with E-state index in [0.29, 0.717) is 11.0 Å². The van der Waals surface area contributed by atoms with Crippen LogP contribution in [0.4, 0.5) is 5.82 Å². The van der Waals surface area contributed by atoms with E-state index in [4.69, 9.17) is 5.84 Å². The zero-order valence-corrected chi connectivity index (χ0v) is 12.4. The molecule has 8 nitrogen and oxygen atoms in total. The van der Waals surface area contributed by atoms with Crippen molar-refractivity contribution >= 4 is 27.7 Å². The van der Waals surface area contributed by atoms with Gasteiger partial charge in [-0.15, -0.1) is 0 Å². The smallest absolute Gasteiger partial charge is 0.358 e. The third-order valence-corrected chi connectivity index (χ3v) is 3.39. The van der Waals surface area contributed by atoms with E-state index in [1.165, 1.54) is 10.9 Å². The van der Waals surface area contributed by atoms with E-state index < -0.39 is 4.92 Å². The van der Waals surface area contributed by atoms with E-state index >= 15 is 0 Å². The van der Waals surface area contributed by atoms with Crippen LogP contribution in [0.15, 0.2) is 34.9 Å². The second kappa shape index (κ2) is 6.46. The summed E-state index contributed by atoms with van der Waals surface area (Å²) in [5.41, 5.74) is 3.70. The lowest BCUT2D eigenvalue weighted by molar-refractivity contribution is -0.390. The van der Waals surface area contributed by atoms with Crippen molar-refractivity contribution in [2.45, 2.75) is 13.0 Å². The van der Waals surface area contributed by atoms with E-state index in [0.717, 1.165) is 11.1 Å². The van der Waals surface area contributed by atoms with Gasteiger partial charge in [-0.1, -0.05) is 24.3 Å². The molecule has 0 aliphatic carbocycles. The SMILES string of the molecule is NNC(=O)Cc1ccccc1Cn1cc(Br)c([N+](=O)[O-])n1. The molecule has 0 saturated carbocycles. The Hall–Kier alpha value is -2.26. The average Bonchev–Trinajstić information content (AvgIpc) is 2.82. The summed E-state index contributed by atoms with van der Waals surface area (Å²) >= 11 is 3.10. The number of rotatable bonds is 5. The molecule has 2 rings (SSSR count). The molecule has 21 heavy (non-hydrogen) atoms. The maximum Gasteiger partial charge on any atom is 0.404 e. The Kier molecular flexibility index (Phi) is 4.66. The van der Waals surface area contributed by atoms with Gasteiger partial charge in [-0.25, -0.2) is 5.84 Å². The van der Waals surface area contributed by atoms with Crippen LogP contribution in [0.2, 0.25) is 0 Å². The predicted molar refractivity (Wildman–Crippen MR) is 78.2 cm³/mol. The Morgan fingerprint density at radius 1 is 1.43 bits per heavy atom. The molecule has 110 valence electrons. The number of carbonyl (C=O) groups is 1. The van der Waals surface area contributed by atoms with Gasteiger partial charge in [0.05, 0.1) is 24.3 Å². The summed E-state index contributed by atoms with van der Waals surface area (Å²) in [6, 6.07) is 7.27. The number of carbonyl (C=O) groups excluding carboxylic acids is 1. The first-order valence-electron chi connectivity index (χ1n) is 5.95. The first kappa shape index (κ1) is 15.1. The number of nitrogens with two attached hydrogens (primary N) is 1. The lowest BCUT2D eigenvalue weighted by Gasteiger charge is -2.07. The Morgan fingerprint density at radius 2 is 2.10 bits per heavy atom. The molecule has 0 atom stereocenters. The number of hydrazine groups is 1. The van der Waals surface area contributed by atoms with Crippen LogP contribution in [0.25, 0.3) is 0 Å². The number of nitro groups is 1. The quantitative estimate of drug-likeness (QED) is 0.361. The van der Waals surface area contributed by atoms with Crippen LogP contribution in [0, 0.1) is 10.1 Å². The van der Waals surface area contributed by atoms with Gasteiger partial charge in [-0.2, -0.15) is 4.68 Å². The second-order valence-corrected chi connectivity index (χ2v) is 5.12. The highest BCUT2D eigenvalue weighted by Crippen LogP contribution is 2.23. The van der Waals surface area contributed by atoms with Crippen LogP contribution in [0.3, 0.4) is 0 Å². The molecule has 0 bridgehead atoms. The minimum atomic E-state index is -0.561. The van der Waals surface area contributed by atoms with Gasteiger partial charge in [-0.05, 0) is 32.0 Å². The molecule has 1 aromatic carbocycles. The lowest BCUT2D eigenvalue weighted by atomic mass is 10.0. The number of amides is 1. The summed E-state index contributed by atoms with van der Waals surface area (Å²) in [5, 5.41) is 14.7. The summed E-state index contributed by atoms with van der Waals surface area (Å²) in [7, 11) is 0. The summed E-state index contributed by atoms with van der Waals surface area (Å²) in [6.45, 7) is 0.320. The molecular formula is C12H12BrN5O3. The zero-order valence-electron chi connectivity index (χ0n) is 10.8. The molecule has 2 aromatic rings. The predicted octanol–water partition coefficient (Wildman–Crippen LogP) is 1.13. The van der Waals surface area contributed by atoms with Gasteiger partial charge in [0.15, 0.2) is 0 Å². The molecule has 1 aromatic heterocycles. The van der Waals surface area contributed by atoms with E-state index in [9.17, 15) is 14.9 Å². The van der Waals surface area contributed by atoms with Crippen molar-refractivity contribution in [1.82, 2.24) is 15.2 Å². The van der Waals surface area contributed by atoms with E-state index in [1.54, 1.807) is 6.07 Å². The first-order chi connectivity index (χ1) is 10.0. The van der Waals surface area contributed by atoms with Gasteiger partial charge in [0.2, 0.25) is 5.91 Å². The normalized spacial score (nSPS) is 10.4. The van der Waals surface area contributed by atoms with Crippen LogP contribution in [-0.2, 0) is 17.8 Å². The summed E-state index contributed by atoms with van der Waals surface area (Å²) in [4.78, 5) is 21.6. The average molecular weight is 354 g/mol. The minimum Gasteiger partial charge on any atom is -0.358 e. The maximum absolute atomic E-state index is 11.4. The number of halogens is 1. The molecule has 1 heterocycles. The minimum absolute atomic E-state index is 0.136. The van der Waals surface area contributed by atoms with Gasteiger partial charge in [0.1, 0.15) is 4.47 Å². The number of aromatic nitrogens is 2. The molecule has 0 fully saturated rings. The Balaban J connectivity index is 2.25. The van der Waals surface area contributed by atoms with Crippen molar-refractivity contribution in [1.29, 1.82) is 0 Å². The van der Waals surface area contributed by atoms with Gasteiger partial charge in [0, 0.05) is 0 Å².